The zero-order valence-corrected chi connectivity index (χ0v) is 17.5. The molecule has 0 aromatic heterocycles. The molecule has 0 spiro atoms. The van der Waals surface area contributed by atoms with Crippen molar-refractivity contribution >= 4 is 13.3 Å². The van der Waals surface area contributed by atoms with E-state index in [2.05, 4.69) is 48.2 Å². The molecule has 2 aliphatic heterocycles. The van der Waals surface area contributed by atoms with Gasteiger partial charge in [0, 0.05) is 6.04 Å². The molecule has 25 heavy (non-hydrogen) atoms. The van der Waals surface area contributed by atoms with Crippen molar-refractivity contribution in [3.8, 4) is 5.75 Å². The normalized spacial score (nSPS) is 22.2. The van der Waals surface area contributed by atoms with Crippen LogP contribution in [-0.4, -0.2) is 64.8 Å². The second kappa shape index (κ2) is 8.70. The number of hydrogen-bond donors (Lipinski definition) is 0. The summed E-state index contributed by atoms with van der Waals surface area (Å²) in [6.45, 7) is 3.89. The van der Waals surface area contributed by atoms with Crippen LogP contribution in [0.2, 0.25) is 18.1 Å². The molecule has 0 bridgehead atoms. The molecule has 0 saturated carbocycles. The van der Waals surface area contributed by atoms with Gasteiger partial charge in [0.25, 0.3) is 0 Å². The number of piperidine rings is 1. The molecule has 2 aliphatic rings. The van der Waals surface area contributed by atoms with Crippen LogP contribution < -0.4 is 9.92 Å². The molecule has 2 heterocycles. The van der Waals surface area contributed by atoms with Crippen LogP contribution in [0.4, 0.5) is 0 Å². The molecule has 140 valence electrons. The Labute approximate surface area is 155 Å². The first kappa shape index (κ1) is 18.9. The fourth-order valence-electron chi connectivity index (χ4n) is 4.89. The third-order valence-corrected chi connectivity index (χ3v) is 12.1. The van der Waals surface area contributed by atoms with E-state index in [4.69, 9.17) is 4.74 Å². The van der Waals surface area contributed by atoms with E-state index in [9.17, 15) is 0 Å². The van der Waals surface area contributed by atoms with Crippen LogP contribution in [0.15, 0.2) is 24.3 Å². The quantitative estimate of drug-likeness (QED) is 0.722. The van der Waals surface area contributed by atoms with E-state index in [1.165, 1.54) is 69.9 Å². The smallest absolute Gasteiger partial charge is 0.118 e. The van der Waals surface area contributed by atoms with Crippen LogP contribution in [0.3, 0.4) is 0 Å². The van der Waals surface area contributed by atoms with Gasteiger partial charge in [-0.15, -0.1) is 0 Å². The number of rotatable bonds is 6. The van der Waals surface area contributed by atoms with Gasteiger partial charge in [0.1, 0.15) is 5.75 Å². The van der Waals surface area contributed by atoms with Crippen molar-refractivity contribution in [2.24, 2.45) is 0 Å². The summed E-state index contributed by atoms with van der Waals surface area (Å²) in [5.74, 6) is 0.995. The van der Waals surface area contributed by atoms with Gasteiger partial charge in [-0.25, -0.2) is 0 Å². The van der Waals surface area contributed by atoms with E-state index in [0.717, 1.165) is 11.8 Å². The Morgan fingerprint density at radius 1 is 1.04 bits per heavy atom. The zero-order chi connectivity index (χ0) is 17.7. The van der Waals surface area contributed by atoms with Gasteiger partial charge in [-0.05, 0) is 64.7 Å². The van der Waals surface area contributed by atoms with Gasteiger partial charge in [-0.3, -0.25) is 0 Å². The molecule has 0 N–H and O–H groups in total. The van der Waals surface area contributed by atoms with Gasteiger partial charge >= 0.3 is 0 Å². The SMILES string of the molecule is COc1ccc([Si]2(CCN3CCC(N(C)C)CC3)CCCCC2)cc1. The molecular formula is C21H36N2OSi. The topological polar surface area (TPSA) is 15.7 Å². The van der Waals surface area contributed by atoms with Crippen LogP contribution in [0.25, 0.3) is 0 Å². The fraction of sp³-hybridized carbons (Fsp3) is 0.714. The minimum Gasteiger partial charge on any atom is -0.497 e. The Bertz CT molecular complexity index is 517. The summed E-state index contributed by atoms with van der Waals surface area (Å²) in [5.41, 5.74) is 0. The van der Waals surface area contributed by atoms with E-state index >= 15 is 0 Å². The minimum absolute atomic E-state index is 0.790. The maximum Gasteiger partial charge on any atom is 0.118 e. The van der Waals surface area contributed by atoms with Crippen LogP contribution in [0, 0.1) is 0 Å². The van der Waals surface area contributed by atoms with E-state index in [1.54, 1.807) is 12.3 Å². The first-order chi connectivity index (χ1) is 12.1. The second-order valence-corrected chi connectivity index (χ2v) is 13.0. The molecule has 2 fully saturated rings. The van der Waals surface area contributed by atoms with Crippen LogP contribution in [0.5, 0.6) is 5.75 Å². The predicted octanol–water partition coefficient (Wildman–Crippen LogP) is 3.56. The highest BCUT2D eigenvalue weighted by Crippen LogP contribution is 2.32. The van der Waals surface area contributed by atoms with Crippen molar-refractivity contribution < 1.29 is 4.74 Å². The number of hydrogen-bond acceptors (Lipinski definition) is 3. The lowest BCUT2D eigenvalue weighted by Crippen LogP contribution is -2.51. The second-order valence-electron chi connectivity index (χ2n) is 8.36. The average Bonchev–Trinajstić information content (AvgIpc) is 2.67. The van der Waals surface area contributed by atoms with Crippen molar-refractivity contribution in [2.45, 2.75) is 56.3 Å². The first-order valence-corrected chi connectivity index (χ1v) is 12.8. The highest BCUT2D eigenvalue weighted by atomic mass is 28.3. The molecule has 0 aliphatic carbocycles. The summed E-state index contributed by atoms with van der Waals surface area (Å²) in [4.78, 5) is 5.15. The third-order valence-electron chi connectivity index (χ3n) is 6.71. The van der Waals surface area contributed by atoms with Gasteiger partial charge in [-0.2, -0.15) is 0 Å². The molecule has 0 unspecified atom stereocenters. The molecule has 1 aromatic carbocycles. The third kappa shape index (κ3) is 4.66. The van der Waals surface area contributed by atoms with Crippen molar-refractivity contribution in [1.82, 2.24) is 9.80 Å². The van der Waals surface area contributed by atoms with E-state index < -0.39 is 8.07 Å². The molecule has 4 heteroatoms. The maximum atomic E-state index is 5.38. The Kier molecular flexibility index (Phi) is 6.59. The highest BCUT2D eigenvalue weighted by molar-refractivity contribution is 6.92. The van der Waals surface area contributed by atoms with E-state index in [1.807, 2.05) is 0 Å². The van der Waals surface area contributed by atoms with Crippen molar-refractivity contribution in [1.29, 1.82) is 0 Å². The molecular weight excluding hydrogens is 324 g/mol. The molecule has 3 rings (SSSR count). The lowest BCUT2D eigenvalue weighted by Gasteiger charge is -2.40. The number of ether oxygens (including phenoxy) is 1. The number of likely N-dealkylation sites (tertiary alicyclic amines) is 1. The van der Waals surface area contributed by atoms with Crippen molar-refractivity contribution in [3.63, 3.8) is 0 Å². The monoisotopic (exact) mass is 360 g/mol. The lowest BCUT2D eigenvalue weighted by atomic mass is 10.0. The van der Waals surface area contributed by atoms with Crippen molar-refractivity contribution in [2.75, 3.05) is 40.8 Å². The Balaban J connectivity index is 1.63. The summed E-state index contributed by atoms with van der Waals surface area (Å²) in [7, 11) is 4.90. The minimum atomic E-state index is -1.32. The van der Waals surface area contributed by atoms with Gasteiger partial charge in [0.2, 0.25) is 0 Å². The number of nitrogens with zero attached hydrogens (tertiary/aromatic N) is 2. The largest absolute Gasteiger partial charge is 0.497 e. The van der Waals surface area contributed by atoms with Crippen LogP contribution in [0.1, 0.15) is 32.1 Å². The van der Waals surface area contributed by atoms with Gasteiger partial charge < -0.3 is 14.5 Å². The maximum absolute atomic E-state index is 5.38. The Morgan fingerprint density at radius 2 is 1.68 bits per heavy atom. The summed E-state index contributed by atoms with van der Waals surface area (Å²) in [6, 6.07) is 14.4. The Morgan fingerprint density at radius 3 is 2.24 bits per heavy atom. The van der Waals surface area contributed by atoms with Crippen LogP contribution in [-0.2, 0) is 0 Å². The zero-order valence-electron chi connectivity index (χ0n) is 16.5. The number of methoxy groups -OCH3 is 1. The van der Waals surface area contributed by atoms with E-state index in [-0.39, 0.29) is 0 Å². The van der Waals surface area contributed by atoms with Gasteiger partial charge in [0.15, 0.2) is 0 Å². The highest BCUT2D eigenvalue weighted by Gasteiger charge is 2.36. The van der Waals surface area contributed by atoms with Crippen LogP contribution >= 0.6 is 0 Å². The average molecular weight is 361 g/mol. The van der Waals surface area contributed by atoms with Gasteiger partial charge in [-0.1, -0.05) is 48.7 Å². The Hall–Kier alpha value is -0.843. The summed E-state index contributed by atoms with van der Waals surface area (Å²) >= 11 is 0. The predicted molar refractivity (Wildman–Crippen MR) is 110 cm³/mol. The fourth-order valence-corrected chi connectivity index (χ4v) is 9.98. The molecule has 1 aromatic rings. The standard InChI is InChI=1S/C21H36N2OSi/c1-22(2)19-11-13-23(14-12-19)15-18-25(16-5-4-6-17-25)21-9-7-20(24-3)8-10-21/h7-10,19H,4-6,11-18H2,1-3H3. The molecule has 2 saturated heterocycles. The lowest BCUT2D eigenvalue weighted by molar-refractivity contribution is 0.149. The first-order valence-electron chi connectivity index (χ1n) is 10.2. The molecule has 0 atom stereocenters. The molecule has 3 nitrogen and oxygen atoms in total. The van der Waals surface area contributed by atoms with Crippen molar-refractivity contribution in [3.05, 3.63) is 24.3 Å². The van der Waals surface area contributed by atoms with E-state index in [0.29, 0.717) is 0 Å². The number of benzene rings is 1. The van der Waals surface area contributed by atoms with Gasteiger partial charge in [0.05, 0.1) is 15.2 Å². The molecule has 0 radical (unpaired) electrons. The molecule has 0 amide bonds. The summed E-state index contributed by atoms with van der Waals surface area (Å²) in [5, 5.41) is 1.68. The summed E-state index contributed by atoms with van der Waals surface area (Å²) < 4.78 is 5.38. The summed E-state index contributed by atoms with van der Waals surface area (Å²) in [6.07, 6.45) is 7.01.